The smallest absolute Gasteiger partial charge is 0.789 e. The van der Waals surface area contributed by atoms with Crippen LogP contribution >= 0.6 is 0 Å². The van der Waals surface area contributed by atoms with E-state index in [-0.39, 0.29) is 18.9 Å². The van der Waals surface area contributed by atoms with Crippen LogP contribution in [0.5, 0.6) is 0 Å². The Morgan fingerprint density at radius 1 is 1.11 bits per heavy atom. The molecule has 0 unspecified atom stereocenters. The van der Waals surface area contributed by atoms with Crippen LogP contribution in [0, 0.1) is 5.92 Å². The second-order valence-corrected chi connectivity index (χ2v) is 3.55. The van der Waals surface area contributed by atoms with Gasteiger partial charge in [-0.2, -0.15) is 5.25 Å². The first-order chi connectivity index (χ1) is 3.79. The molecule has 0 N–H and O–H groups in total. The fourth-order valence-electron chi connectivity index (χ4n) is 1.23. The number of rotatable bonds is 0. The molecule has 0 saturated heterocycles. The summed E-state index contributed by atoms with van der Waals surface area (Å²) in [6.45, 7) is 2.32. The summed E-state index contributed by atoms with van der Waals surface area (Å²) in [5.74, 6) is 0.953. The van der Waals surface area contributed by atoms with Crippen molar-refractivity contribution in [3.63, 3.8) is 0 Å². The Morgan fingerprint density at radius 2 is 1.56 bits per heavy atom. The van der Waals surface area contributed by atoms with Crippen LogP contribution in [0.15, 0.2) is 0 Å². The van der Waals surface area contributed by atoms with Crippen molar-refractivity contribution in [2.45, 2.75) is 37.9 Å². The van der Waals surface area contributed by atoms with Crippen molar-refractivity contribution in [3.8, 4) is 0 Å². The normalized spacial score (nSPS) is 35.3. The van der Waals surface area contributed by atoms with Gasteiger partial charge in [0.2, 0.25) is 0 Å². The molecular formula is C7H13LiS. The van der Waals surface area contributed by atoms with Crippen molar-refractivity contribution in [2.75, 3.05) is 0 Å². The predicted molar refractivity (Wildman–Crippen MR) is 38.8 cm³/mol. The van der Waals surface area contributed by atoms with E-state index in [4.69, 9.17) is 12.6 Å². The summed E-state index contributed by atoms with van der Waals surface area (Å²) in [5, 5.41) is 0.603. The quantitative estimate of drug-likeness (QED) is 0.308. The fraction of sp³-hybridized carbons (Fsp3) is 1.00. The van der Waals surface area contributed by atoms with E-state index >= 15 is 0 Å². The standard InChI is InChI=1S/C7H14S.Li/c1-6-2-4-7(8)5-3-6;/h6-8H,2-5H2,1H3;/q;+1/p-1. The molecule has 0 aromatic carbocycles. The molecule has 0 aliphatic heterocycles. The van der Waals surface area contributed by atoms with E-state index < -0.39 is 0 Å². The van der Waals surface area contributed by atoms with Gasteiger partial charge in [-0.3, -0.25) is 0 Å². The topological polar surface area (TPSA) is 0 Å². The van der Waals surface area contributed by atoms with Gasteiger partial charge < -0.3 is 12.6 Å². The SMILES string of the molecule is CC1CCC([S-])CC1.[Li+]. The van der Waals surface area contributed by atoms with Crippen molar-refractivity contribution in [3.05, 3.63) is 0 Å². The summed E-state index contributed by atoms with van der Waals surface area (Å²) >= 11 is 5.14. The molecule has 1 rings (SSSR count). The summed E-state index contributed by atoms with van der Waals surface area (Å²) in [5.41, 5.74) is 0. The van der Waals surface area contributed by atoms with Crippen LogP contribution in [0.2, 0.25) is 0 Å². The van der Waals surface area contributed by atoms with Crippen LogP contribution in [-0.2, 0) is 12.6 Å². The van der Waals surface area contributed by atoms with E-state index in [2.05, 4.69) is 6.92 Å². The molecule has 0 atom stereocenters. The average molecular weight is 136 g/mol. The van der Waals surface area contributed by atoms with Crippen molar-refractivity contribution in [1.29, 1.82) is 0 Å². The molecule has 0 bridgehead atoms. The first-order valence-corrected chi connectivity index (χ1v) is 3.92. The van der Waals surface area contributed by atoms with Gasteiger partial charge in [0.1, 0.15) is 0 Å². The zero-order valence-electron chi connectivity index (χ0n) is 6.39. The maximum absolute atomic E-state index is 5.14. The molecule has 0 aromatic rings. The second-order valence-electron chi connectivity index (χ2n) is 2.88. The van der Waals surface area contributed by atoms with E-state index in [1.807, 2.05) is 0 Å². The molecule has 1 fully saturated rings. The molecular weight excluding hydrogens is 123 g/mol. The third-order valence-electron chi connectivity index (χ3n) is 1.96. The Hall–Kier alpha value is 0.947. The zero-order chi connectivity index (χ0) is 5.98. The first-order valence-electron chi connectivity index (χ1n) is 3.45. The van der Waals surface area contributed by atoms with E-state index in [0.29, 0.717) is 5.25 Å². The summed E-state index contributed by atoms with van der Waals surface area (Å²) < 4.78 is 0. The van der Waals surface area contributed by atoms with Gasteiger partial charge in [-0.15, -0.1) is 0 Å². The van der Waals surface area contributed by atoms with Crippen LogP contribution in [0.3, 0.4) is 0 Å². The minimum Gasteiger partial charge on any atom is -0.789 e. The molecule has 2 heteroatoms. The van der Waals surface area contributed by atoms with Crippen LogP contribution in [0.25, 0.3) is 0 Å². The summed E-state index contributed by atoms with van der Waals surface area (Å²) in [6, 6.07) is 0. The van der Waals surface area contributed by atoms with Gasteiger partial charge in [0, 0.05) is 0 Å². The molecule has 0 heterocycles. The summed E-state index contributed by atoms with van der Waals surface area (Å²) in [4.78, 5) is 0. The van der Waals surface area contributed by atoms with Gasteiger partial charge >= 0.3 is 18.9 Å². The number of hydrogen-bond donors (Lipinski definition) is 0. The zero-order valence-corrected chi connectivity index (χ0v) is 7.21. The molecule has 0 radical (unpaired) electrons. The first kappa shape index (κ1) is 9.95. The monoisotopic (exact) mass is 136 g/mol. The summed E-state index contributed by atoms with van der Waals surface area (Å²) in [7, 11) is 0. The Bertz CT molecular complexity index is 57.3. The van der Waals surface area contributed by atoms with Crippen LogP contribution in [-0.4, -0.2) is 5.25 Å². The molecule has 1 aliphatic rings. The van der Waals surface area contributed by atoms with Gasteiger partial charge in [-0.05, 0) is 5.92 Å². The van der Waals surface area contributed by atoms with Gasteiger partial charge in [0.25, 0.3) is 0 Å². The van der Waals surface area contributed by atoms with Crippen molar-refractivity contribution in [1.82, 2.24) is 0 Å². The summed E-state index contributed by atoms with van der Waals surface area (Å²) in [6.07, 6.45) is 5.31. The third kappa shape index (κ3) is 3.60. The Balaban J connectivity index is 0.000000640. The van der Waals surface area contributed by atoms with Crippen molar-refractivity contribution >= 4 is 12.6 Å². The fourth-order valence-corrected chi connectivity index (χ4v) is 1.50. The Kier molecular flexibility index (Phi) is 5.21. The van der Waals surface area contributed by atoms with E-state index in [1.165, 1.54) is 25.7 Å². The Labute approximate surface area is 75.4 Å². The van der Waals surface area contributed by atoms with E-state index in [1.54, 1.807) is 0 Å². The van der Waals surface area contributed by atoms with Crippen LogP contribution in [0.1, 0.15) is 32.6 Å². The predicted octanol–water partition coefficient (Wildman–Crippen LogP) is -0.884. The molecule has 48 valence electrons. The van der Waals surface area contributed by atoms with Gasteiger partial charge in [-0.1, -0.05) is 32.6 Å². The van der Waals surface area contributed by atoms with E-state index in [0.717, 1.165) is 5.92 Å². The minimum absolute atomic E-state index is 0. The van der Waals surface area contributed by atoms with Gasteiger partial charge in [-0.25, -0.2) is 0 Å². The van der Waals surface area contributed by atoms with Crippen molar-refractivity contribution < 1.29 is 18.9 Å². The van der Waals surface area contributed by atoms with E-state index in [9.17, 15) is 0 Å². The largest absolute Gasteiger partial charge is 1.00 e. The van der Waals surface area contributed by atoms with Crippen LogP contribution < -0.4 is 18.9 Å². The maximum atomic E-state index is 5.14. The van der Waals surface area contributed by atoms with Gasteiger partial charge in [0.05, 0.1) is 0 Å². The third-order valence-corrected chi connectivity index (χ3v) is 2.43. The molecule has 1 saturated carbocycles. The molecule has 1 aliphatic carbocycles. The van der Waals surface area contributed by atoms with Crippen molar-refractivity contribution in [2.24, 2.45) is 5.92 Å². The second kappa shape index (κ2) is 4.72. The average Bonchev–Trinajstić information content (AvgIpc) is 1.77. The Morgan fingerprint density at radius 3 is 1.89 bits per heavy atom. The molecule has 0 nitrogen and oxygen atoms in total. The molecule has 0 spiro atoms. The molecule has 0 amide bonds. The maximum Gasteiger partial charge on any atom is 1.00 e. The van der Waals surface area contributed by atoms with Gasteiger partial charge in [0.15, 0.2) is 0 Å². The molecule has 9 heavy (non-hydrogen) atoms. The minimum atomic E-state index is 0. The number of hydrogen-bond acceptors (Lipinski definition) is 1. The molecule has 0 aromatic heterocycles. The van der Waals surface area contributed by atoms with Crippen LogP contribution in [0.4, 0.5) is 0 Å².